The van der Waals surface area contributed by atoms with Gasteiger partial charge in [-0.3, -0.25) is 4.79 Å². The second-order valence-corrected chi connectivity index (χ2v) is 10.9. The van der Waals surface area contributed by atoms with Crippen LogP contribution >= 0.6 is 0 Å². The quantitative estimate of drug-likeness (QED) is 0.145. The Hall–Kier alpha value is -5.19. The van der Waals surface area contributed by atoms with Crippen LogP contribution in [0, 0.1) is 44.5 Å². The average molecular weight is 568 g/mol. The molecule has 4 nitrogen and oxygen atoms in total. The molecular formula is C39H37NO3. The van der Waals surface area contributed by atoms with Crippen molar-refractivity contribution in [3.05, 3.63) is 136 Å². The number of ether oxygens (including phenoxy) is 2. The van der Waals surface area contributed by atoms with Crippen LogP contribution in [0.4, 0.5) is 5.69 Å². The lowest BCUT2D eigenvalue weighted by Gasteiger charge is -2.30. The van der Waals surface area contributed by atoms with Crippen LogP contribution in [0.1, 0.15) is 52.8 Å². The predicted molar refractivity (Wildman–Crippen MR) is 177 cm³/mol. The summed E-state index contributed by atoms with van der Waals surface area (Å²) in [5.41, 5.74) is 6.25. The number of carbonyl (C=O) groups is 1. The minimum Gasteiger partial charge on any atom is -0.482 e. The number of hydrogen-bond donors (Lipinski definition) is 1. The largest absolute Gasteiger partial charge is 0.482 e. The fourth-order valence-electron chi connectivity index (χ4n) is 5.22. The van der Waals surface area contributed by atoms with Crippen LogP contribution in [0.3, 0.4) is 0 Å². The Bertz CT molecular complexity index is 1710. The summed E-state index contributed by atoms with van der Waals surface area (Å²) in [4.78, 5) is 14.2. The molecule has 0 saturated heterocycles. The van der Waals surface area contributed by atoms with Gasteiger partial charge in [0, 0.05) is 17.2 Å². The highest BCUT2D eigenvalue weighted by atomic mass is 16.5. The first-order valence-electron chi connectivity index (χ1n) is 14.2. The van der Waals surface area contributed by atoms with Gasteiger partial charge in [-0.2, -0.15) is 0 Å². The summed E-state index contributed by atoms with van der Waals surface area (Å²) in [5.74, 6) is 6.09. The van der Waals surface area contributed by atoms with Gasteiger partial charge < -0.3 is 14.8 Å². The standard InChI is InChI=1S/C39H37NO3/c1-9-23-42-29(7)17-19-31-24-33(21-15-27(31)5)39(35-13-11-12-14-36(35)40-38(39)41)34-22-16-28(6)32(25-34)20-18-30(8)43-37(10-2)26(3)4/h1-2,11-22,24-26,37H,7-8,23H2,3-6H3,(H,40,41)/b19-17-,20-18-. The molecule has 0 bridgehead atoms. The number of rotatable bonds is 11. The summed E-state index contributed by atoms with van der Waals surface area (Å²) in [6.45, 7) is 16.2. The van der Waals surface area contributed by atoms with Crippen molar-refractivity contribution in [2.24, 2.45) is 5.92 Å². The molecule has 3 aromatic carbocycles. The number of para-hydroxylation sites is 1. The van der Waals surface area contributed by atoms with Gasteiger partial charge in [0.05, 0.1) is 0 Å². The molecule has 1 aliphatic rings. The molecule has 4 heteroatoms. The Balaban J connectivity index is 1.83. The van der Waals surface area contributed by atoms with Crippen molar-refractivity contribution in [1.82, 2.24) is 0 Å². The zero-order chi connectivity index (χ0) is 31.1. The Labute approximate surface area is 255 Å². The number of carbonyl (C=O) groups excluding carboxylic acids is 1. The van der Waals surface area contributed by atoms with E-state index in [1.54, 1.807) is 6.08 Å². The SMILES string of the molecule is C#CCOC(=C)/C=C\c1cc(C2(c3ccc(C)c(/C=C\C(=C)OC(C#C)C(C)C)c3)C(=O)Nc3ccccc32)ccc1C. The second-order valence-electron chi connectivity index (χ2n) is 10.9. The van der Waals surface area contributed by atoms with Crippen molar-refractivity contribution in [3.8, 4) is 24.7 Å². The van der Waals surface area contributed by atoms with Gasteiger partial charge in [-0.1, -0.05) is 93.5 Å². The van der Waals surface area contributed by atoms with Crippen molar-refractivity contribution in [2.45, 2.75) is 39.2 Å². The molecule has 2 atom stereocenters. The Morgan fingerprint density at radius 2 is 1.51 bits per heavy atom. The Morgan fingerprint density at radius 3 is 2.07 bits per heavy atom. The molecule has 1 N–H and O–H groups in total. The monoisotopic (exact) mass is 567 g/mol. The van der Waals surface area contributed by atoms with Crippen LogP contribution < -0.4 is 5.32 Å². The van der Waals surface area contributed by atoms with Crippen molar-refractivity contribution in [3.63, 3.8) is 0 Å². The van der Waals surface area contributed by atoms with Gasteiger partial charge in [0.2, 0.25) is 5.91 Å². The normalized spacial score (nSPS) is 16.4. The first-order valence-corrected chi connectivity index (χ1v) is 14.2. The van der Waals surface area contributed by atoms with Crippen LogP contribution in [0.2, 0.25) is 0 Å². The third kappa shape index (κ3) is 6.35. The molecule has 0 saturated carbocycles. The van der Waals surface area contributed by atoms with Gasteiger partial charge in [0.1, 0.15) is 23.5 Å². The van der Waals surface area contributed by atoms with Gasteiger partial charge in [-0.15, -0.1) is 12.8 Å². The number of fused-ring (bicyclic) bond motifs is 1. The third-order valence-corrected chi connectivity index (χ3v) is 7.63. The number of terminal acetylenes is 2. The molecule has 1 aliphatic heterocycles. The van der Waals surface area contributed by atoms with Gasteiger partial charge in [0.25, 0.3) is 0 Å². The highest BCUT2D eigenvalue weighted by molar-refractivity contribution is 6.11. The van der Waals surface area contributed by atoms with Crippen LogP contribution in [0.25, 0.3) is 12.2 Å². The minimum atomic E-state index is -1.08. The minimum absolute atomic E-state index is 0.116. The van der Waals surface area contributed by atoms with E-state index in [9.17, 15) is 4.79 Å². The van der Waals surface area contributed by atoms with Crippen molar-refractivity contribution < 1.29 is 14.3 Å². The van der Waals surface area contributed by atoms with E-state index in [1.807, 2.05) is 94.5 Å². The number of allylic oxidation sites excluding steroid dienone is 2. The maximum Gasteiger partial charge on any atom is 0.244 e. The van der Waals surface area contributed by atoms with E-state index >= 15 is 0 Å². The third-order valence-electron chi connectivity index (χ3n) is 7.63. The zero-order valence-electron chi connectivity index (χ0n) is 25.2. The fraction of sp³-hybridized carbons (Fsp3) is 0.205. The first kappa shape index (κ1) is 30.8. The molecule has 0 aliphatic carbocycles. The summed E-state index contributed by atoms with van der Waals surface area (Å²) in [5, 5.41) is 3.13. The summed E-state index contributed by atoms with van der Waals surface area (Å²) in [6, 6.07) is 20.1. The number of hydrogen-bond acceptors (Lipinski definition) is 3. The zero-order valence-corrected chi connectivity index (χ0v) is 25.2. The van der Waals surface area contributed by atoms with Gasteiger partial charge in [-0.05, 0) is 77.6 Å². The molecule has 2 unspecified atom stereocenters. The Morgan fingerprint density at radius 1 is 0.930 bits per heavy atom. The molecule has 0 fully saturated rings. The van der Waals surface area contributed by atoms with E-state index in [0.29, 0.717) is 11.5 Å². The number of aryl methyl sites for hydroxylation is 2. The van der Waals surface area contributed by atoms with Gasteiger partial charge in [-0.25, -0.2) is 0 Å². The molecule has 3 aromatic rings. The lowest BCUT2D eigenvalue weighted by Crippen LogP contribution is -2.37. The van der Waals surface area contributed by atoms with Crippen LogP contribution in [-0.2, 0) is 19.7 Å². The van der Waals surface area contributed by atoms with Crippen LogP contribution in [0.15, 0.2) is 97.5 Å². The molecule has 0 aromatic heterocycles. The lowest BCUT2D eigenvalue weighted by molar-refractivity contribution is -0.118. The topological polar surface area (TPSA) is 47.6 Å². The Kier molecular flexibility index (Phi) is 9.44. The van der Waals surface area contributed by atoms with Crippen molar-refractivity contribution >= 4 is 23.7 Å². The number of anilines is 1. The maximum atomic E-state index is 14.2. The summed E-state index contributed by atoms with van der Waals surface area (Å²) < 4.78 is 11.3. The highest BCUT2D eigenvalue weighted by Crippen LogP contribution is 2.48. The number of nitrogens with one attached hydrogen (secondary N) is 1. The molecule has 1 heterocycles. The van der Waals surface area contributed by atoms with Gasteiger partial charge >= 0.3 is 0 Å². The first-order chi connectivity index (χ1) is 20.6. The van der Waals surface area contributed by atoms with Crippen molar-refractivity contribution in [2.75, 3.05) is 11.9 Å². The van der Waals surface area contributed by atoms with Gasteiger partial charge in [0.15, 0.2) is 6.10 Å². The molecule has 43 heavy (non-hydrogen) atoms. The summed E-state index contributed by atoms with van der Waals surface area (Å²) in [7, 11) is 0. The van der Waals surface area contributed by atoms with E-state index in [2.05, 4.69) is 42.4 Å². The lowest BCUT2D eigenvalue weighted by atomic mass is 9.69. The van der Waals surface area contributed by atoms with Crippen molar-refractivity contribution in [1.29, 1.82) is 0 Å². The van der Waals surface area contributed by atoms with E-state index < -0.39 is 5.41 Å². The molecule has 0 spiro atoms. The molecular weight excluding hydrogens is 530 g/mol. The predicted octanol–water partition coefficient (Wildman–Crippen LogP) is 7.97. The van der Waals surface area contributed by atoms with Crippen LogP contribution in [-0.4, -0.2) is 18.6 Å². The second kappa shape index (κ2) is 13.2. The van der Waals surface area contributed by atoms with E-state index in [0.717, 1.165) is 44.6 Å². The summed E-state index contributed by atoms with van der Waals surface area (Å²) >= 11 is 0. The van der Waals surface area contributed by atoms with E-state index in [1.165, 1.54) is 0 Å². The average Bonchev–Trinajstić information content (AvgIpc) is 3.30. The van der Waals surface area contributed by atoms with Crippen LogP contribution in [0.5, 0.6) is 0 Å². The number of amides is 1. The highest BCUT2D eigenvalue weighted by Gasteiger charge is 2.49. The smallest absolute Gasteiger partial charge is 0.244 e. The summed E-state index contributed by atoms with van der Waals surface area (Å²) in [6.07, 6.45) is 18.1. The van der Waals surface area contributed by atoms with E-state index in [-0.39, 0.29) is 24.5 Å². The fourth-order valence-corrected chi connectivity index (χ4v) is 5.22. The molecule has 1 amide bonds. The molecule has 4 rings (SSSR count). The molecule has 0 radical (unpaired) electrons. The molecule has 216 valence electrons. The van der Waals surface area contributed by atoms with E-state index in [4.69, 9.17) is 22.3 Å². The number of benzene rings is 3. The maximum absolute atomic E-state index is 14.2.